The number of nitrogens with zero attached hydrogens (tertiary/aromatic N) is 1. The average Bonchev–Trinajstić information content (AvgIpc) is 2.55. The van der Waals surface area contributed by atoms with Crippen molar-refractivity contribution in [2.75, 3.05) is 0 Å². The highest BCUT2D eigenvalue weighted by Crippen LogP contribution is 2.22. The Bertz CT molecular complexity index is 509. The minimum absolute atomic E-state index is 0. The highest BCUT2D eigenvalue weighted by Gasteiger charge is 2.36. The summed E-state index contributed by atoms with van der Waals surface area (Å²) >= 11 is 0. The average molecular weight is 298 g/mol. The Hall–Kier alpha value is -1.95. The lowest BCUT2D eigenvalue weighted by Crippen LogP contribution is -2.35. The Labute approximate surface area is 107 Å². The molecule has 17 heavy (non-hydrogen) atoms. The van der Waals surface area contributed by atoms with Crippen LogP contribution in [-0.4, -0.2) is 27.9 Å². The first-order valence-corrected chi connectivity index (χ1v) is 4.49. The zero-order valence-electron chi connectivity index (χ0n) is 8.49. The van der Waals surface area contributed by atoms with Gasteiger partial charge in [0.1, 0.15) is 0 Å². The van der Waals surface area contributed by atoms with Crippen LogP contribution in [0.4, 0.5) is 4.79 Å². The molecule has 0 atom stereocenters. The summed E-state index contributed by atoms with van der Waals surface area (Å²) in [6, 6.07) is 8.46. The predicted octanol–water partition coefficient (Wildman–Crippen LogP) is 1.69. The van der Waals surface area contributed by atoms with Crippen LogP contribution in [0.5, 0.6) is 0 Å². The van der Waals surface area contributed by atoms with Crippen LogP contribution < -0.4 is 0 Å². The van der Waals surface area contributed by atoms with E-state index in [0.29, 0.717) is 5.56 Å². The van der Waals surface area contributed by atoms with E-state index in [2.05, 4.69) is 0 Å². The predicted molar refractivity (Wildman–Crippen MR) is 64.6 cm³/mol. The summed E-state index contributed by atoms with van der Waals surface area (Å²) in [5.74, 6) is -1.62. The molecule has 0 aliphatic carbocycles. The lowest BCUT2D eigenvalue weighted by atomic mass is 10.1. The number of hydrogen-bond acceptors (Lipinski definition) is 3. The fourth-order valence-corrected chi connectivity index (χ4v) is 1.48. The van der Waals surface area contributed by atoms with Gasteiger partial charge in [-0.2, -0.15) is 4.90 Å². The van der Waals surface area contributed by atoms with Gasteiger partial charge in [0.05, 0.1) is 5.57 Å². The maximum absolute atomic E-state index is 11.6. The van der Waals surface area contributed by atoms with E-state index in [1.54, 1.807) is 30.3 Å². The van der Waals surface area contributed by atoms with Crippen LogP contribution >= 0.6 is 17.0 Å². The molecule has 0 aromatic heterocycles. The number of rotatable bonds is 1. The van der Waals surface area contributed by atoms with Crippen LogP contribution in [0.2, 0.25) is 0 Å². The van der Waals surface area contributed by atoms with Crippen molar-refractivity contribution < 1.29 is 19.5 Å². The van der Waals surface area contributed by atoms with Crippen LogP contribution in [0.25, 0.3) is 5.57 Å². The Morgan fingerprint density at radius 2 is 1.71 bits per heavy atom. The molecular weight excluding hydrogens is 290 g/mol. The van der Waals surface area contributed by atoms with Crippen molar-refractivity contribution in [1.82, 2.24) is 4.90 Å². The van der Waals surface area contributed by atoms with Crippen LogP contribution in [0.1, 0.15) is 5.56 Å². The molecule has 0 fully saturated rings. The molecule has 1 heterocycles. The van der Waals surface area contributed by atoms with Crippen molar-refractivity contribution in [1.29, 1.82) is 0 Å². The quantitative estimate of drug-likeness (QED) is 0.801. The third-order valence-corrected chi connectivity index (χ3v) is 2.20. The number of hydrogen-bond donors (Lipinski definition) is 1. The molecule has 1 aromatic carbocycles. The number of imide groups is 3. The third-order valence-electron chi connectivity index (χ3n) is 2.20. The van der Waals surface area contributed by atoms with Gasteiger partial charge < -0.3 is 5.11 Å². The lowest BCUT2D eigenvalue weighted by molar-refractivity contribution is -0.133. The second kappa shape index (κ2) is 4.92. The number of benzene rings is 1. The molecule has 0 radical (unpaired) electrons. The summed E-state index contributed by atoms with van der Waals surface area (Å²) in [4.78, 5) is 33.7. The SMILES string of the molecule is Br.O=C(O)N1C(=O)C=C(c2ccccc2)C1=O. The molecule has 0 saturated heterocycles. The van der Waals surface area contributed by atoms with E-state index in [1.165, 1.54) is 0 Å². The van der Waals surface area contributed by atoms with Gasteiger partial charge in [-0.25, -0.2) is 4.79 Å². The largest absolute Gasteiger partial charge is 0.464 e. The van der Waals surface area contributed by atoms with Crippen molar-refractivity contribution in [3.8, 4) is 0 Å². The number of amides is 3. The molecule has 0 bridgehead atoms. The zero-order valence-corrected chi connectivity index (χ0v) is 10.2. The zero-order chi connectivity index (χ0) is 11.7. The Kier molecular flexibility index (Phi) is 3.80. The molecule has 5 nitrogen and oxygen atoms in total. The van der Waals surface area contributed by atoms with Crippen molar-refractivity contribution in [2.24, 2.45) is 0 Å². The summed E-state index contributed by atoms with van der Waals surface area (Å²) in [6.45, 7) is 0. The van der Waals surface area contributed by atoms with Crippen molar-refractivity contribution in [2.45, 2.75) is 0 Å². The van der Waals surface area contributed by atoms with E-state index >= 15 is 0 Å². The van der Waals surface area contributed by atoms with Gasteiger partial charge in [0, 0.05) is 6.08 Å². The Balaban J connectivity index is 0.00000144. The summed E-state index contributed by atoms with van der Waals surface area (Å²) in [7, 11) is 0. The van der Waals surface area contributed by atoms with Crippen LogP contribution in [-0.2, 0) is 9.59 Å². The van der Waals surface area contributed by atoms with Gasteiger partial charge >= 0.3 is 6.09 Å². The molecule has 0 spiro atoms. The second-order valence-corrected chi connectivity index (χ2v) is 3.19. The Morgan fingerprint density at radius 1 is 1.12 bits per heavy atom. The first-order valence-electron chi connectivity index (χ1n) is 4.49. The maximum Gasteiger partial charge on any atom is 0.421 e. The standard InChI is InChI=1S/C11H7NO4.BrH/c13-9-6-8(7-4-2-1-3-5-7)10(14)12(9)11(15)16;/h1-6H,(H,15,16);1H. The number of carboxylic acid groups (broad SMARTS) is 1. The van der Waals surface area contributed by atoms with E-state index < -0.39 is 17.9 Å². The van der Waals surface area contributed by atoms with Crippen LogP contribution in [0.3, 0.4) is 0 Å². The second-order valence-electron chi connectivity index (χ2n) is 3.19. The maximum atomic E-state index is 11.6. The molecule has 88 valence electrons. The number of carbonyl (C=O) groups excluding carboxylic acids is 2. The van der Waals surface area contributed by atoms with Gasteiger partial charge in [-0.15, -0.1) is 17.0 Å². The molecule has 0 saturated carbocycles. The molecule has 1 aromatic rings. The van der Waals surface area contributed by atoms with E-state index in [9.17, 15) is 14.4 Å². The lowest BCUT2D eigenvalue weighted by Gasteiger charge is -2.07. The molecule has 0 unspecified atom stereocenters. The van der Waals surface area contributed by atoms with E-state index in [0.717, 1.165) is 6.08 Å². The van der Waals surface area contributed by atoms with Crippen molar-refractivity contribution >= 4 is 40.5 Å². The van der Waals surface area contributed by atoms with Gasteiger partial charge in [-0.05, 0) is 5.56 Å². The normalized spacial score (nSPS) is 14.4. The minimum Gasteiger partial charge on any atom is -0.464 e. The first kappa shape index (κ1) is 13.1. The van der Waals surface area contributed by atoms with Crippen molar-refractivity contribution in [3.05, 3.63) is 42.0 Å². The van der Waals surface area contributed by atoms with Gasteiger partial charge in [-0.3, -0.25) is 9.59 Å². The van der Waals surface area contributed by atoms with Gasteiger partial charge in [0.15, 0.2) is 0 Å². The first-order chi connectivity index (χ1) is 7.61. The van der Waals surface area contributed by atoms with Gasteiger partial charge in [0.25, 0.3) is 11.8 Å². The third kappa shape index (κ3) is 2.26. The summed E-state index contributed by atoms with van der Waals surface area (Å²) in [5, 5.41) is 8.67. The number of carbonyl (C=O) groups is 3. The summed E-state index contributed by atoms with van der Waals surface area (Å²) in [6.07, 6.45) is -0.525. The molecule has 3 amide bonds. The molecule has 6 heteroatoms. The van der Waals surface area contributed by atoms with E-state index in [-0.39, 0.29) is 27.5 Å². The molecule has 1 aliphatic rings. The van der Waals surface area contributed by atoms with Crippen LogP contribution in [0, 0.1) is 0 Å². The monoisotopic (exact) mass is 297 g/mol. The van der Waals surface area contributed by atoms with Crippen molar-refractivity contribution in [3.63, 3.8) is 0 Å². The Morgan fingerprint density at radius 3 is 2.18 bits per heavy atom. The van der Waals surface area contributed by atoms with Gasteiger partial charge in [0.2, 0.25) is 0 Å². The smallest absolute Gasteiger partial charge is 0.421 e. The molecular formula is C11H8BrNO4. The molecule has 1 aliphatic heterocycles. The molecule has 2 rings (SSSR count). The highest BCUT2D eigenvalue weighted by molar-refractivity contribution is 8.93. The highest BCUT2D eigenvalue weighted by atomic mass is 79.9. The van der Waals surface area contributed by atoms with Crippen LogP contribution in [0.15, 0.2) is 36.4 Å². The fourth-order valence-electron chi connectivity index (χ4n) is 1.48. The summed E-state index contributed by atoms with van der Waals surface area (Å²) < 4.78 is 0. The number of halogens is 1. The van der Waals surface area contributed by atoms with Gasteiger partial charge in [-0.1, -0.05) is 30.3 Å². The minimum atomic E-state index is -1.56. The summed E-state index contributed by atoms with van der Waals surface area (Å²) in [5.41, 5.74) is 0.637. The molecule has 1 N–H and O–H groups in total. The topological polar surface area (TPSA) is 74.7 Å². The van der Waals surface area contributed by atoms with E-state index in [1.807, 2.05) is 0 Å². The fraction of sp³-hybridized carbons (Fsp3) is 0. The van der Waals surface area contributed by atoms with E-state index in [4.69, 9.17) is 5.11 Å².